The summed E-state index contributed by atoms with van der Waals surface area (Å²) in [4.78, 5) is 35.8. The third kappa shape index (κ3) is 5.21. The summed E-state index contributed by atoms with van der Waals surface area (Å²) in [7, 11) is 3.86. The van der Waals surface area contributed by atoms with Gasteiger partial charge in [-0.1, -0.05) is 45.0 Å². The molecule has 32 heavy (non-hydrogen) atoms. The number of aryl methyl sites for hydroxylation is 1. The number of amides is 2. The molecule has 1 aromatic heterocycles. The molecule has 2 amide bonds. The van der Waals surface area contributed by atoms with Gasteiger partial charge in [-0.2, -0.15) is 0 Å². The lowest BCUT2D eigenvalue weighted by Gasteiger charge is -2.38. The van der Waals surface area contributed by atoms with E-state index in [1.807, 2.05) is 38.4 Å². The van der Waals surface area contributed by atoms with Crippen LogP contribution in [0, 0.1) is 12.3 Å². The lowest BCUT2D eigenvalue weighted by atomic mass is 9.85. The summed E-state index contributed by atoms with van der Waals surface area (Å²) in [6.45, 7) is 10.8. The number of thiazole rings is 1. The molecule has 3 rings (SSSR count). The number of hydrogen-bond acceptors (Lipinski definition) is 5. The highest BCUT2D eigenvalue weighted by molar-refractivity contribution is 7.13. The second kappa shape index (κ2) is 9.71. The normalized spacial score (nSPS) is 18.6. The van der Waals surface area contributed by atoms with Gasteiger partial charge >= 0.3 is 0 Å². The van der Waals surface area contributed by atoms with Crippen molar-refractivity contribution in [2.75, 3.05) is 20.6 Å². The molecule has 0 aliphatic carbocycles. The second-order valence-corrected chi connectivity index (χ2v) is 10.9. The number of benzene rings is 1. The maximum atomic E-state index is 13.4. The zero-order valence-corrected chi connectivity index (χ0v) is 21.1. The molecule has 1 aliphatic heterocycles. The number of carbonyl (C=O) groups is 2. The van der Waals surface area contributed by atoms with E-state index >= 15 is 0 Å². The van der Waals surface area contributed by atoms with Crippen LogP contribution in [-0.4, -0.2) is 59.3 Å². The lowest BCUT2D eigenvalue weighted by Crippen LogP contribution is -2.56. The van der Waals surface area contributed by atoms with Crippen molar-refractivity contribution in [2.24, 2.45) is 5.41 Å². The van der Waals surface area contributed by atoms with Crippen molar-refractivity contribution in [3.05, 3.63) is 41.0 Å². The molecular weight excluding hydrogens is 420 g/mol. The molecule has 3 atom stereocenters. The summed E-state index contributed by atoms with van der Waals surface area (Å²) in [6.07, 6.45) is 1.56. The van der Waals surface area contributed by atoms with Crippen LogP contribution >= 0.6 is 11.3 Å². The van der Waals surface area contributed by atoms with E-state index in [1.54, 1.807) is 16.2 Å². The lowest BCUT2D eigenvalue weighted by molar-refractivity contribution is -0.145. The molecule has 0 bridgehead atoms. The summed E-state index contributed by atoms with van der Waals surface area (Å²) < 4.78 is 0. The van der Waals surface area contributed by atoms with Crippen LogP contribution in [0.1, 0.15) is 57.8 Å². The fraction of sp³-hybridized carbons (Fsp3) is 0.560. The molecule has 0 saturated carbocycles. The Balaban J connectivity index is 1.69. The number of carbonyl (C=O) groups excluding carboxylic acids is 2. The minimum Gasteiger partial charge on any atom is -0.348 e. The first-order valence-electron chi connectivity index (χ1n) is 11.3. The Kier molecular flexibility index (Phi) is 7.40. The van der Waals surface area contributed by atoms with E-state index in [4.69, 9.17) is 0 Å². The Labute approximate surface area is 196 Å². The van der Waals surface area contributed by atoms with Crippen molar-refractivity contribution in [3.63, 3.8) is 0 Å². The number of rotatable bonds is 6. The minimum absolute atomic E-state index is 0.0390. The van der Waals surface area contributed by atoms with E-state index < -0.39 is 6.04 Å². The predicted octanol–water partition coefficient (Wildman–Crippen LogP) is 4.26. The smallest absolute Gasteiger partial charge is 0.243 e. The topological polar surface area (TPSA) is 65.5 Å². The van der Waals surface area contributed by atoms with Crippen LogP contribution in [0.15, 0.2) is 29.8 Å². The zero-order chi connectivity index (χ0) is 23.6. The molecule has 1 saturated heterocycles. The van der Waals surface area contributed by atoms with Crippen LogP contribution in [0.2, 0.25) is 0 Å². The minimum atomic E-state index is -0.408. The third-order valence-electron chi connectivity index (χ3n) is 6.19. The van der Waals surface area contributed by atoms with Crippen molar-refractivity contribution >= 4 is 23.2 Å². The largest absolute Gasteiger partial charge is 0.348 e. The quantitative estimate of drug-likeness (QED) is 0.705. The SMILES string of the molecule is Cc1ncsc1-c1ccc([C@H](C)NC(=O)[C@@H]2CCCN2C(=O)[C@@H](N(C)C)C(C)(C)C)cc1. The molecular formula is C25H36N4O2S. The average molecular weight is 457 g/mol. The van der Waals surface area contributed by atoms with Crippen molar-refractivity contribution < 1.29 is 9.59 Å². The third-order valence-corrected chi connectivity index (χ3v) is 7.16. The number of hydrogen-bond donors (Lipinski definition) is 1. The zero-order valence-electron chi connectivity index (χ0n) is 20.3. The van der Waals surface area contributed by atoms with Gasteiger partial charge in [0, 0.05) is 6.54 Å². The number of nitrogens with one attached hydrogen (secondary N) is 1. The first kappa shape index (κ1) is 24.4. The Bertz CT molecular complexity index is 946. The van der Waals surface area contributed by atoms with Crippen molar-refractivity contribution in [3.8, 4) is 10.4 Å². The van der Waals surface area contributed by atoms with E-state index in [1.165, 1.54) is 4.88 Å². The molecule has 174 valence electrons. The van der Waals surface area contributed by atoms with E-state index in [-0.39, 0.29) is 29.3 Å². The van der Waals surface area contributed by atoms with Gasteiger partial charge in [0.15, 0.2) is 0 Å². The van der Waals surface area contributed by atoms with Crippen LogP contribution in [-0.2, 0) is 9.59 Å². The summed E-state index contributed by atoms with van der Waals surface area (Å²) in [5.41, 5.74) is 4.85. The molecule has 2 aromatic rings. The molecule has 1 aromatic carbocycles. The van der Waals surface area contributed by atoms with Crippen LogP contribution in [0.25, 0.3) is 10.4 Å². The van der Waals surface area contributed by atoms with Gasteiger partial charge in [0.05, 0.1) is 28.2 Å². The summed E-state index contributed by atoms with van der Waals surface area (Å²) in [5.74, 6) is -0.0331. The van der Waals surface area contributed by atoms with Gasteiger partial charge in [-0.05, 0) is 57.3 Å². The van der Waals surface area contributed by atoms with Crippen LogP contribution in [0.4, 0.5) is 0 Å². The maximum absolute atomic E-state index is 13.4. The number of nitrogens with zero attached hydrogens (tertiary/aromatic N) is 3. The summed E-state index contributed by atoms with van der Waals surface area (Å²) >= 11 is 1.63. The Morgan fingerprint density at radius 2 is 1.88 bits per heavy atom. The molecule has 1 N–H and O–H groups in total. The van der Waals surface area contributed by atoms with Crippen LogP contribution in [0.3, 0.4) is 0 Å². The van der Waals surface area contributed by atoms with Crippen molar-refractivity contribution in [2.45, 2.75) is 65.6 Å². The highest BCUT2D eigenvalue weighted by atomic mass is 32.1. The fourth-order valence-electron chi connectivity index (χ4n) is 4.72. The van der Waals surface area contributed by atoms with E-state index in [2.05, 4.69) is 55.3 Å². The maximum Gasteiger partial charge on any atom is 0.243 e. The number of likely N-dealkylation sites (N-methyl/N-ethyl adjacent to an activating group) is 1. The number of likely N-dealkylation sites (tertiary alicyclic amines) is 1. The van der Waals surface area contributed by atoms with Gasteiger partial charge in [-0.25, -0.2) is 4.98 Å². The Morgan fingerprint density at radius 3 is 2.41 bits per heavy atom. The predicted molar refractivity (Wildman–Crippen MR) is 131 cm³/mol. The fourth-order valence-corrected chi connectivity index (χ4v) is 5.53. The molecule has 0 radical (unpaired) electrons. The highest BCUT2D eigenvalue weighted by Gasteiger charge is 2.42. The second-order valence-electron chi connectivity index (χ2n) is 10.0. The van der Waals surface area contributed by atoms with E-state index in [0.717, 1.165) is 23.2 Å². The standard InChI is InChI=1S/C25H36N4O2S/c1-16(18-10-12-19(13-11-18)21-17(2)26-15-32-21)27-23(30)20-9-8-14-29(20)24(31)22(28(6)7)25(3,4)5/h10-13,15-16,20,22H,8-9,14H2,1-7H3,(H,27,30)/t16-,20-,22+/m0/s1. The molecule has 0 unspecified atom stereocenters. The molecule has 1 aliphatic rings. The summed E-state index contributed by atoms with van der Waals surface area (Å²) in [5, 5.41) is 3.14. The van der Waals surface area contributed by atoms with Gasteiger partial charge in [-0.3, -0.25) is 14.5 Å². The molecule has 0 spiro atoms. The Morgan fingerprint density at radius 1 is 1.22 bits per heavy atom. The molecule has 2 heterocycles. The van der Waals surface area contributed by atoms with E-state index in [9.17, 15) is 9.59 Å². The molecule has 1 fully saturated rings. The monoisotopic (exact) mass is 456 g/mol. The van der Waals surface area contributed by atoms with Crippen LogP contribution < -0.4 is 5.32 Å². The van der Waals surface area contributed by atoms with Crippen molar-refractivity contribution in [1.82, 2.24) is 20.1 Å². The first-order valence-corrected chi connectivity index (χ1v) is 12.2. The van der Waals surface area contributed by atoms with Gasteiger partial charge in [0.2, 0.25) is 11.8 Å². The Hall–Kier alpha value is -2.25. The highest BCUT2D eigenvalue weighted by Crippen LogP contribution is 2.30. The van der Waals surface area contributed by atoms with Gasteiger partial charge in [-0.15, -0.1) is 11.3 Å². The average Bonchev–Trinajstić information content (AvgIpc) is 3.35. The summed E-state index contributed by atoms with van der Waals surface area (Å²) in [6, 6.07) is 7.45. The van der Waals surface area contributed by atoms with Crippen LogP contribution in [0.5, 0.6) is 0 Å². The van der Waals surface area contributed by atoms with Gasteiger partial charge in [0.25, 0.3) is 0 Å². The molecule has 7 heteroatoms. The number of aromatic nitrogens is 1. The van der Waals surface area contributed by atoms with Crippen molar-refractivity contribution in [1.29, 1.82) is 0 Å². The van der Waals surface area contributed by atoms with Gasteiger partial charge in [0.1, 0.15) is 6.04 Å². The molecule has 6 nitrogen and oxygen atoms in total. The van der Waals surface area contributed by atoms with Gasteiger partial charge < -0.3 is 10.2 Å². The first-order chi connectivity index (χ1) is 15.0. The van der Waals surface area contributed by atoms with E-state index in [0.29, 0.717) is 13.0 Å².